The van der Waals surface area contributed by atoms with E-state index in [4.69, 9.17) is 9.72 Å². The summed E-state index contributed by atoms with van der Waals surface area (Å²) in [5.41, 5.74) is 2.53. The summed E-state index contributed by atoms with van der Waals surface area (Å²) < 4.78 is 5.04. The van der Waals surface area contributed by atoms with Gasteiger partial charge in [0.1, 0.15) is 5.82 Å². The number of aromatic nitrogens is 1. The number of nitrogens with one attached hydrogen (secondary N) is 1. The highest BCUT2D eigenvalue weighted by atomic mass is 16.5. The molecule has 0 amide bonds. The summed E-state index contributed by atoms with van der Waals surface area (Å²) in [4.78, 5) is 7.20. The second-order valence-electron chi connectivity index (χ2n) is 6.04. The summed E-state index contributed by atoms with van der Waals surface area (Å²) in [6.07, 6.45) is 5.97. The van der Waals surface area contributed by atoms with Gasteiger partial charge in [-0.1, -0.05) is 6.92 Å². The van der Waals surface area contributed by atoms with Crippen molar-refractivity contribution in [2.45, 2.75) is 39.7 Å². The minimum atomic E-state index is 0.746. The van der Waals surface area contributed by atoms with Crippen molar-refractivity contribution in [3.05, 3.63) is 23.4 Å². The fourth-order valence-corrected chi connectivity index (χ4v) is 2.63. The molecule has 0 saturated heterocycles. The number of methoxy groups -OCH3 is 1. The van der Waals surface area contributed by atoms with Gasteiger partial charge in [-0.2, -0.15) is 0 Å². The molecule has 1 aliphatic carbocycles. The van der Waals surface area contributed by atoms with Crippen LogP contribution in [-0.4, -0.2) is 38.3 Å². The summed E-state index contributed by atoms with van der Waals surface area (Å²) in [6.45, 7) is 9.17. The van der Waals surface area contributed by atoms with Crippen molar-refractivity contribution >= 4 is 5.82 Å². The van der Waals surface area contributed by atoms with Gasteiger partial charge in [0.15, 0.2) is 0 Å². The molecule has 1 fully saturated rings. The van der Waals surface area contributed by atoms with Crippen LogP contribution in [0.15, 0.2) is 12.3 Å². The van der Waals surface area contributed by atoms with Crippen LogP contribution >= 0.6 is 0 Å². The van der Waals surface area contributed by atoms with E-state index in [0.29, 0.717) is 0 Å². The molecule has 0 aromatic carbocycles. The van der Waals surface area contributed by atoms with Crippen LogP contribution in [-0.2, 0) is 11.3 Å². The Morgan fingerprint density at radius 1 is 1.43 bits per heavy atom. The summed E-state index contributed by atoms with van der Waals surface area (Å²) >= 11 is 0. The normalized spacial score (nSPS) is 14.4. The summed E-state index contributed by atoms with van der Waals surface area (Å²) in [5, 5.41) is 3.37. The Hall–Kier alpha value is -1.13. The summed E-state index contributed by atoms with van der Waals surface area (Å²) in [5.74, 6) is 2.07. The van der Waals surface area contributed by atoms with Crippen molar-refractivity contribution in [2.75, 3.05) is 38.3 Å². The molecule has 1 N–H and O–H groups in total. The molecule has 2 rings (SSSR count). The molecule has 1 aromatic rings. The Bertz CT molecular complexity index is 432. The third-order valence-electron chi connectivity index (χ3n) is 3.89. The number of nitrogens with zero attached hydrogens (tertiary/aromatic N) is 2. The first-order valence-electron chi connectivity index (χ1n) is 8.14. The molecule has 0 aliphatic heterocycles. The lowest BCUT2D eigenvalue weighted by Gasteiger charge is -2.25. The molecule has 0 spiro atoms. The fraction of sp³-hybridized carbons (Fsp3) is 0.706. The van der Waals surface area contributed by atoms with E-state index in [1.54, 1.807) is 7.11 Å². The quantitative estimate of drug-likeness (QED) is 0.673. The average molecular weight is 291 g/mol. The third-order valence-corrected chi connectivity index (χ3v) is 3.89. The second-order valence-corrected chi connectivity index (χ2v) is 6.04. The van der Waals surface area contributed by atoms with Crippen LogP contribution in [0, 0.1) is 12.8 Å². The van der Waals surface area contributed by atoms with Gasteiger partial charge in [0.25, 0.3) is 0 Å². The Labute approximate surface area is 128 Å². The van der Waals surface area contributed by atoms with E-state index in [0.717, 1.165) is 32.2 Å². The molecule has 21 heavy (non-hydrogen) atoms. The lowest BCUT2D eigenvalue weighted by atomic mass is 10.2. The van der Waals surface area contributed by atoms with E-state index in [9.17, 15) is 0 Å². The summed E-state index contributed by atoms with van der Waals surface area (Å²) in [6, 6.07) is 2.26. The standard InChI is InChI=1S/C17H29N3O/c1-4-8-20(13-15-5-6-15)17-14(2)10-16(12-19-17)11-18-7-9-21-3/h10,12,15,18H,4-9,11,13H2,1-3H3. The predicted molar refractivity (Wildman–Crippen MR) is 87.8 cm³/mol. The van der Waals surface area contributed by atoms with Gasteiger partial charge in [-0.25, -0.2) is 4.98 Å². The van der Waals surface area contributed by atoms with Gasteiger partial charge in [0.2, 0.25) is 0 Å². The molecule has 1 heterocycles. The number of ether oxygens (including phenoxy) is 1. The number of anilines is 1. The molecule has 1 aliphatic rings. The highest BCUT2D eigenvalue weighted by Gasteiger charge is 2.25. The van der Waals surface area contributed by atoms with Crippen LogP contribution < -0.4 is 10.2 Å². The van der Waals surface area contributed by atoms with E-state index >= 15 is 0 Å². The number of pyridine rings is 1. The maximum atomic E-state index is 5.04. The molecule has 0 unspecified atom stereocenters. The van der Waals surface area contributed by atoms with E-state index in [-0.39, 0.29) is 0 Å². The molecular formula is C17H29N3O. The molecule has 0 radical (unpaired) electrons. The van der Waals surface area contributed by atoms with Crippen LogP contribution in [0.3, 0.4) is 0 Å². The van der Waals surface area contributed by atoms with E-state index in [1.165, 1.54) is 42.8 Å². The van der Waals surface area contributed by atoms with Crippen LogP contribution in [0.25, 0.3) is 0 Å². The topological polar surface area (TPSA) is 37.4 Å². The van der Waals surface area contributed by atoms with E-state index < -0.39 is 0 Å². The number of aryl methyl sites for hydroxylation is 1. The molecule has 118 valence electrons. The minimum absolute atomic E-state index is 0.746. The van der Waals surface area contributed by atoms with Gasteiger partial charge < -0.3 is 15.0 Å². The monoisotopic (exact) mass is 291 g/mol. The Morgan fingerprint density at radius 2 is 2.24 bits per heavy atom. The average Bonchev–Trinajstić information content (AvgIpc) is 3.27. The largest absolute Gasteiger partial charge is 0.383 e. The maximum absolute atomic E-state index is 5.04. The Balaban J connectivity index is 1.95. The Morgan fingerprint density at radius 3 is 2.86 bits per heavy atom. The first-order chi connectivity index (χ1) is 10.2. The Kier molecular flexibility index (Phi) is 6.46. The van der Waals surface area contributed by atoms with E-state index in [2.05, 4.69) is 30.1 Å². The van der Waals surface area contributed by atoms with Crippen molar-refractivity contribution in [2.24, 2.45) is 5.92 Å². The number of hydrogen-bond donors (Lipinski definition) is 1. The number of rotatable bonds is 10. The van der Waals surface area contributed by atoms with Crippen LogP contribution in [0.2, 0.25) is 0 Å². The second kappa shape index (κ2) is 8.35. The van der Waals surface area contributed by atoms with Crippen molar-refractivity contribution in [3.8, 4) is 0 Å². The summed E-state index contributed by atoms with van der Waals surface area (Å²) in [7, 11) is 1.73. The van der Waals surface area contributed by atoms with Crippen LogP contribution in [0.5, 0.6) is 0 Å². The van der Waals surface area contributed by atoms with Gasteiger partial charge in [0, 0.05) is 39.5 Å². The maximum Gasteiger partial charge on any atom is 0.131 e. The molecule has 1 saturated carbocycles. The van der Waals surface area contributed by atoms with Gasteiger partial charge in [-0.3, -0.25) is 0 Å². The fourth-order valence-electron chi connectivity index (χ4n) is 2.63. The lowest BCUT2D eigenvalue weighted by Crippen LogP contribution is -2.28. The van der Waals surface area contributed by atoms with Gasteiger partial charge >= 0.3 is 0 Å². The highest BCUT2D eigenvalue weighted by Crippen LogP contribution is 2.31. The lowest BCUT2D eigenvalue weighted by molar-refractivity contribution is 0.199. The van der Waals surface area contributed by atoms with E-state index in [1.807, 2.05) is 6.20 Å². The molecular weight excluding hydrogens is 262 g/mol. The zero-order valence-electron chi connectivity index (χ0n) is 13.7. The van der Waals surface area contributed by atoms with Crippen molar-refractivity contribution in [3.63, 3.8) is 0 Å². The molecule has 4 nitrogen and oxygen atoms in total. The smallest absolute Gasteiger partial charge is 0.131 e. The van der Waals surface area contributed by atoms with Gasteiger partial charge in [-0.05, 0) is 49.3 Å². The van der Waals surface area contributed by atoms with Crippen LogP contribution in [0.4, 0.5) is 5.82 Å². The van der Waals surface area contributed by atoms with Crippen molar-refractivity contribution in [1.82, 2.24) is 10.3 Å². The molecule has 4 heteroatoms. The SMILES string of the molecule is CCCN(CC1CC1)c1ncc(CNCCOC)cc1C. The molecule has 0 atom stereocenters. The van der Waals surface area contributed by atoms with Crippen molar-refractivity contribution in [1.29, 1.82) is 0 Å². The zero-order chi connectivity index (χ0) is 15.1. The zero-order valence-corrected chi connectivity index (χ0v) is 13.7. The molecule has 0 bridgehead atoms. The highest BCUT2D eigenvalue weighted by molar-refractivity contribution is 5.47. The third kappa shape index (κ3) is 5.29. The van der Waals surface area contributed by atoms with Crippen molar-refractivity contribution < 1.29 is 4.74 Å². The van der Waals surface area contributed by atoms with Crippen LogP contribution in [0.1, 0.15) is 37.3 Å². The predicted octanol–water partition coefficient (Wildman–Crippen LogP) is 2.75. The minimum Gasteiger partial charge on any atom is -0.383 e. The molecule has 1 aromatic heterocycles. The van der Waals surface area contributed by atoms with Gasteiger partial charge in [-0.15, -0.1) is 0 Å². The first kappa shape index (κ1) is 16.2. The van der Waals surface area contributed by atoms with Gasteiger partial charge in [0.05, 0.1) is 6.61 Å². The number of hydrogen-bond acceptors (Lipinski definition) is 4. The first-order valence-corrected chi connectivity index (χ1v) is 8.14.